The topological polar surface area (TPSA) is 55.1 Å². The summed E-state index contributed by atoms with van der Waals surface area (Å²) in [4.78, 5) is 10.3. The van der Waals surface area contributed by atoms with Crippen LogP contribution in [0.15, 0.2) is 0 Å². The average molecular weight is 176 g/mol. The second-order valence-electron chi connectivity index (χ2n) is 2.07. The van der Waals surface area contributed by atoms with Gasteiger partial charge in [-0.3, -0.25) is 4.68 Å². The number of hydrogen-bond acceptors (Lipinski definition) is 2. The number of aryl methyl sites for hydroxylation is 1. The molecule has 0 bridgehead atoms. The molecule has 0 aliphatic carbocycles. The Bertz CT molecular complexity index is 322. The molecule has 12 heavy (non-hydrogen) atoms. The molecule has 0 aromatic carbocycles. The standard InChI is InChI=1S/C6H6F2N2O2/c1-2-10-4(6(11)12)3(7)5(8)9-10/h2H2,1H3,(H,11,12). The largest absolute Gasteiger partial charge is 0.476 e. The van der Waals surface area contributed by atoms with E-state index in [2.05, 4.69) is 5.10 Å². The van der Waals surface area contributed by atoms with Crippen molar-refractivity contribution in [2.75, 3.05) is 0 Å². The van der Waals surface area contributed by atoms with Gasteiger partial charge in [-0.1, -0.05) is 0 Å². The number of carboxylic acids is 1. The third-order valence-corrected chi connectivity index (χ3v) is 1.36. The molecule has 0 radical (unpaired) electrons. The summed E-state index contributed by atoms with van der Waals surface area (Å²) in [6.07, 6.45) is 0. The van der Waals surface area contributed by atoms with Crippen molar-refractivity contribution in [2.24, 2.45) is 0 Å². The van der Waals surface area contributed by atoms with Crippen molar-refractivity contribution in [2.45, 2.75) is 13.5 Å². The Labute approximate surface area is 66.4 Å². The second kappa shape index (κ2) is 2.88. The van der Waals surface area contributed by atoms with E-state index < -0.39 is 23.4 Å². The van der Waals surface area contributed by atoms with Crippen LogP contribution < -0.4 is 0 Å². The SMILES string of the molecule is CCn1nc(F)c(F)c1C(=O)O. The Balaban J connectivity index is 3.31. The number of aromatic nitrogens is 2. The molecule has 0 spiro atoms. The molecular weight excluding hydrogens is 170 g/mol. The van der Waals surface area contributed by atoms with E-state index in [0.717, 1.165) is 4.68 Å². The first-order chi connectivity index (χ1) is 5.57. The minimum atomic E-state index is -1.52. The minimum Gasteiger partial charge on any atom is -0.476 e. The third-order valence-electron chi connectivity index (χ3n) is 1.36. The van der Waals surface area contributed by atoms with Gasteiger partial charge in [-0.05, 0) is 6.92 Å². The zero-order valence-corrected chi connectivity index (χ0v) is 6.21. The fourth-order valence-electron chi connectivity index (χ4n) is 0.844. The summed E-state index contributed by atoms with van der Waals surface area (Å²) in [6.45, 7) is 1.65. The van der Waals surface area contributed by atoms with Crippen molar-refractivity contribution in [3.05, 3.63) is 17.5 Å². The van der Waals surface area contributed by atoms with Gasteiger partial charge in [0, 0.05) is 6.54 Å². The Kier molecular flexibility index (Phi) is 2.07. The first-order valence-electron chi connectivity index (χ1n) is 3.23. The number of carbonyl (C=O) groups is 1. The molecule has 0 fully saturated rings. The van der Waals surface area contributed by atoms with Gasteiger partial charge in [0.15, 0.2) is 5.69 Å². The Morgan fingerprint density at radius 1 is 1.67 bits per heavy atom. The molecule has 6 heteroatoms. The zero-order valence-electron chi connectivity index (χ0n) is 6.21. The highest BCUT2D eigenvalue weighted by molar-refractivity contribution is 5.85. The lowest BCUT2D eigenvalue weighted by Crippen LogP contribution is -2.09. The predicted molar refractivity (Wildman–Crippen MR) is 34.8 cm³/mol. The fraction of sp³-hybridized carbons (Fsp3) is 0.333. The molecule has 66 valence electrons. The maximum atomic E-state index is 12.6. The van der Waals surface area contributed by atoms with Gasteiger partial charge in [0.1, 0.15) is 0 Å². The number of nitrogens with zero attached hydrogens (tertiary/aromatic N) is 2. The van der Waals surface area contributed by atoms with Crippen LogP contribution in [0.2, 0.25) is 0 Å². The Morgan fingerprint density at radius 3 is 2.58 bits per heavy atom. The van der Waals surface area contributed by atoms with Crippen molar-refractivity contribution in [1.82, 2.24) is 9.78 Å². The minimum absolute atomic E-state index is 0.114. The van der Waals surface area contributed by atoms with Crippen molar-refractivity contribution < 1.29 is 18.7 Å². The van der Waals surface area contributed by atoms with Crippen LogP contribution in [0, 0.1) is 11.8 Å². The highest BCUT2D eigenvalue weighted by Crippen LogP contribution is 2.10. The van der Waals surface area contributed by atoms with Crippen LogP contribution >= 0.6 is 0 Å². The van der Waals surface area contributed by atoms with E-state index >= 15 is 0 Å². The summed E-state index contributed by atoms with van der Waals surface area (Å²) < 4.78 is 25.8. The van der Waals surface area contributed by atoms with E-state index in [9.17, 15) is 13.6 Å². The van der Waals surface area contributed by atoms with Crippen LogP contribution in [0.5, 0.6) is 0 Å². The van der Waals surface area contributed by atoms with Gasteiger partial charge in [-0.25, -0.2) is 4.79 Å². The molecule has 1 heterocycles. The lowest BCUT2D eigenvalue weighted by Gasteiger charge is -1.96. The van der Waals surface area contributed by atoms with Crippen LogP contribution in [0.1, 0.15) is 17.4 Å². The van der Waals surface area contributed by atoms with Gasteiger partial charge in [0.05, 0.1) is 0 Å². The maximum absolute atomic E-state index is 12.6. The molecular formula is C6H6F2N2O2. The number of carboxylic acid groups (broad SMARTS) is 1. The van der Waals surface area contributed by atoms with Crippen molar-refractivity contribution >= 4 is 5.97 Å². The zero-order chi connectivity index (χ0) is 9.30. The van der Waals surface area contributed by atoms with E-state index in [1.165, 1.54) is 0 Å². The van der Waals surface area contributed by atoms with Gasteiger partial charge in [0.2, 0.25) is 5.82 Å². The Hall–Kier alpha value is -1.46. The van der Waals surface area contributed by atoms with Crippen LogP contribution in [0.4, 0.5) is 8.78 Å². The molecule has 0 saturated carbocycles. The highest BCUT2D eigenvalue weighted by atomic mass is 19.2. The van der Waals surface area contributed by atoms with Crippen molar-refractivity contribution in [3.8, 4) is 0 Å². The van der Waals surface area contributed by atoms with Gasteiger partial charge >= 0.3 is 5.97 Å². The summed E-state index contributed by atoms with van der Waals surface area (Å²) in [7, 11) is 0. The number of halogens is 2. The molecule has 0 amide bonds. The maximum Gasteiger partial charge on any atom is 0.357 e. The van der Waals surface area contributed by atoms with Gasteiger partial charge in [-0.15, -0.1) is 5.10 Å². The molecule has 0 unspecified atom stereocenters. The van der Waals surface area contributed by atoms with Crippen LogP contribution in [0.3, 0.4) is 0 Å². The van der Waals surface area contributed by atoms with Crippen LogP contribution in [-0.2, 0) is 6.54 Å². The van der Waals surface area contributed by atoms with E-state index in [4.69, 9.17) is 5.11 Å². The normalized spacial score (nSPS) is 10.2. The lowest BCUT2D eigenvalue weighted by molar-refractivity contribution is 0.0678. The van der Waals surface area contributed by atoms with E-state index in [0.29, 0.717) is 0 Å². The molecule has 0 aliphatic heterocycles. The molecule has 0 atom stereocenters. The quantitative estimate of drug-likeness (QED) is 0.727. The van der Waals surface area contributed by atoms with Crippen molar-refractivity contribution in [3.63, 3.8) is 0 Å². The van der Waals surface area contributed by atoms with E-state index in [1.807, 2.05) is 0 Å². The molecule has 1 N–H and O–H groups in total. The number of rotatable bonds is 2. The summed E-state index contributed by atoms with van der Waals surface area (Å²) >= 11 is 0. The fourth-order valence-corrected chi connectivity index (χ4v) is 0.844. The third kappa shape index (κ3) is 1.15. The van der Waals surface area contributed by atoms with Gasteiger partial charge in [-0.2, -0.15) is 8.78 Å². The molecule has 1 aromatic rings. The van der Waals surface area contributed by atoms with E-state index in [1.54, 1.807) is 6.92 Å². The molecule has 1 rings (SSSR count). The predicted octanol–water partition coefficient (Wildman–Crippen LogP) is 0.879. The summed E-state index contributed by atoms with van der Waals surface area (Å²) in [5.41, 5.74) is -0.741. The van der Waals surface area contributed by atoms with Crippen LogP contribution in [0.25, 0.3) is 0 Å². The average Bonchev–Trinajstić information content (AvgIpc) is 2.28. The van der Waals surface area contributed by atoms with Gasteiger partial charge in [0.25, 0.3) is 5.95 Å². The summed E-state index contributed by atoms with van der Waals surface area (Å²) in [6, 6.07) is 0. The Morgan fingerprint density at radius 2 is 2.25 bits per heavy atom. The number of hydrogen-bond donors (Lipinski definition) is 1. The van der Waals surface area contributed by atoms with Crippen LogP contribution in [-0.4, -0.2) is 20.9 Å². The first-order valence-corrected chi connectivity index (χ1v) is 3.23. The molecule has 0 saturated heterocycles. The molecule has 4 nitrogen and oxygen atoms in total. The lowest BCUT2D eigenvalue weighted by atomic mass is 10.4. The molecule has 1 aromatic heterocycles. The second-order valence-corrected chi connectivity index (χ2v) is 2.07. The first kappa shape index (κ1) is 8.63. The van der Waals surface area contributed by atoms with E-state index in [-0.39, 0.29) is 6.54 Å². The van der Waals surface area contributed by atoms with Crippen molar-refractivity contribution in [1.29, 1.82) is 0 Å². The van der Waals surface area contributed by atoms with Gasteiger partial charge < -0.3 is 5.11 Å². The monoisotopic (exact) mass is 176 g/mol. The molecule has 0 aliphatic rings. The summed E-state index contributed by atoms with van der Waals surface area (Å²) in [5.74, 6) is -4.32. The number of aromatic carboxylic acids is 1. The summed E-state index contributed by atoms with van der Waals surface area (Å²) in [5, 5.41) is 11.5. The smallest absolute Gasteiger partial charge is 0.357 e. The highest BCUT2D eigenvalue weighted by Gasteiger charge is 2.22.